The monoisotopic (exact) mass is 1380 g/mol. The summed E-state index contributed by atoms with van der Waals surface area (Å²) >= 11 is 6.76. The number of ketones is 1. The van der Waals surface area contributed by atoms with Gasteiger partial charge in [0.05, 0.1) is 32.8 Å². The van der Waals surface area contributed by atoms with Crippen LogP contribution in [0.1, 0.15) is 84.9 Å². The van der Waals surface area contributed by atoms with Gasteiger partial charge in [-0.1, -0.05) is 41.6 Å². The average molecular weight is 1380 g/mol. The molecule has 84 heavy (non-hydrogen) atoms. The van der Waals surface area contributed by atoms with E-state index in [4.69, 9.17) is 18.9 Å². The first-order valence-corrected chi connectivity index (χ1v) is 30.5. The summed E-state index contributed by atoms with van der Waals surface area (Å²) in [7, 11) is -0.564. The van der Waals surface area contributed by atoms with Crippen molar-refractivity contribution in [2.45, 2.75) is 118 Å². The third kappa shape index (κ3) is 19.8. The van der Waals surface area contributed by atoms with Crippen molar-refractivity contribution >= 4 is 83.0 Å². The van der Waals surface area contributed by atoms with Crippen LogP contribution >= 0.6 is 22.6 Å². The van der Waals surface area contributed by atoms with E-state index in [9.17, 15) is 67.2 Å². The van der Waals surface area contributed by atoms with Crippen molar-refractivity contribution < 1.29 is 96.5 Å². The molecule has 2 aliphatic rings. The van der Waals surface area contributed by atoms with E-state index in [2.05, 4.69) is 55.2 Å². The Morgan fingerprint density at radius 1 is 0.690 bits per heavy atom. The Bertz CT molecular complexity index is 3580. The van der Waals surface area contributed by atoms with Crippen molar-refractivity contribution in [2.24, 2.45) is 42.3 Å². The number of hydrogen-bond acceptors (Lipinski definition) is 18. The minimum absolute atomic E-state index is 0. The number of rotatable bonds is 16. The number of hydrogen-bond donors (Lipinski definition) is 0. The van der Waals surface area contributed by atoms with Gasteiger partial charge in [-0.05, 0) is 68.7 Å². The third-order valence-corrected chi connectivity index (χ3v) is 16.1. The Labute approximate surface area is 522 Å². The van der Waals surface area contributed by atoms with Crippen LogP contribution in [0.15, 0.2) is 84.3 Å². The van der Waals surface area contributed by atoms with Crippen molar-refractivity contribution in [1.82, 2.24) is 47.3 Å². The van der Waals surface area contributed by atoms with Gasteiger partial charge < -0.3 is 45.5 Å². The SMILES string of the molecule is CC(=O)CCCC(F)(F)c1nc2c(c(=O)n(C)c(=O)n2C)n1C.CC1(CCCC(F)(F)S(=O)(=O)c2ccccn2)OCCO1.CC1(CCCI)OCCO1.CC[S-].Cn1c(=O)c2c(ncn2C)n(C)c1=O.O=S(=O)(c1ccccn1)C(F)F.[Na+]. The summed E-state index contributed by atoms with van der Waals surface area (Å²) in [5, 5.41) is -5.08. The second kappa shape index (κ2) is 33.1. The molecule has 0 unspecified atom stereocenters. The number of carbonyl (C=O) groups excluding carboxylic acids is 1. The Balaban J connectivity index is 0.000000364. The Morgan fingerprint density at radius 3 is 1.58 bits per heavy atom. The maximum absolute atomic E-state index is 14.4. The Kier molecular flexibility index (Phi) is 29.9. The largest absolute Gasteiger partial charge is 1.00 e. The molecule has 0 spiro atoms. The molecule has 0 bridgehead atoms. The fourth-order valence-electron chi connectivity index (χ4n) is 7.79. The summed E-state index contributed by atoms with van der Waals surface area (Å²) in [6.07, 6.45) is 4.93. The van der Waals surface area contributed by atoms with Gasteiger partial charge in [0.1, 0.15) is 5.78 Å². The second-order valence-corrected chi connectivity index (χ2v) is 24.3. The van der Waals surface area contributed by atoms with Crippen LogP contribution in [-0.2, 0) is 104 Å². The van der Waals surface area contributed by atoms with Crippen molar-refractivity contribution in [3.63, 3.8) is 0 Å². The first-order valence-electron chi connectivity index (χ1n) is 25.4. The predicted molar refractivity (Wildman–Crippen MR) is 305 cm³/mol. The molecule has 0 amide bonds. The van der Waals surface area contributed by atoms with Crippen LogP contribution < -0.4 is 52.1 Å². The zero-order valence-electron chi connectivity index (χ0n) is 48.3. The number of fused-ring (bicyclic) bond motifs is 2. The zero-order chi connectivity index (χ0) is 62.9. The molecule has 0 saturated carbocycles. The molecule has 0 N–H and O–H groups in total. The molecule has 0 aliphatic carbocycles. The summed E-state index contributed by atoms with van der Waals surface area (Å²) in [6.45, 7) is 9.31. The second-order valence-electron chi connectivity index (χ2n) is 18.7. The first-order chi connectivity index (χ1) is 38.6. The topological polar surface area (TPSA) is 272 Å². The summed E-state index contributed by atoms with van der Waals surface area (Å²) in [6, 6.07) is 7.70. The van der Waals surface area contributed by atoms with Gasteiger partial charge in [0.25, 0.3) is 30.8 Å². The third-order valence-electron chi connectivity index (χ3n) is 12.3. The molecule has 0 radical (unpaired) electrons. The molecule has 34 heteroatoms. The van der Waals surface area contributed by atoms with Gasteiger partial charge in [-0.15, -0.1) is 0 Å². The maximum atomic E-state index is 14.4. The smallest absolute Gasteiger partial charge is 0.793 e. The van der Waals surface area contributed by atoms with E-state index in [0.717, 1.165) is 62.0 Å². The van der Waals surface area contributed by atoms with Gasteiger partial charge in [-0.2, -0.15) is 32.1 Å². The fraction of sp³-hybridized carbons (Fsp3) is 0.580. The first kappa shape index (κ1) is 75.8. The summed E-state index contributed by atoms with van der Waals surface area (Å²) < 4.78 is 155. The number of nitrogens with zero attached hydrogens (tertiary/aromatic N) is 10. The molecule has 464 valence electrons. The number of aryl methyl sites for hydroxylation is 4. The van der Waals surface area contributed by atoms with Crippen LogP contribution in [0, 0.1) is 0 Å². The fourth-order valence-corrected chi connectivity index (χ4v) is 10.0. The molecule has 8 heterocycles. The summed E-state index contributed by atoms with van der Waals surface area (Å²) in [5.74, 6) is -7.79. The number of carbonyl (C=O) groups is 1. The number of Topliss-reactive ketones (excluding diaryl/α,β-unsaturated/α-hetero) is 1. The molecule has 2 saturated heterocycles. The molecule has 0 atom stereocenters. The van der Waals surface area contributed by atoms with E-state index in [1.807, 2.05) is 13.8 Å². The van der Waals surface area contributed by atoms with Gasteiger partial charge in [-0.25, -0.2) is 46.4 Å². The van der Waals surface area contributed by atoms with E-state index in [1.165, 1.54) is 87.3 Å². The molecule has 2 fully saturated rings. The van der Waals surface area contributed by atoms with E-state index in [0.29, 0.717) is 24.4 Å². The Morgan fingerprint density at radius 2 is 1.14 bits per heavy atom. The van der Waals surface area contributed by atoms with Crippen LogP contribution in [0.25, 0.3) is 22.3 Å². The molecule has 23 nitrogen and oxygen atoms in total. The Hall–Kier alpha value is -4.33. The molecule has 2 aliphatic heterocycles. The van der Waals surface area contributed by atoms with E-state index in [-0.39, 0.29) is 89.2 Å². The number of halogens is 7. The predicted octanol–water partition coefficient (Wildman–Crippen LogP) is 2.77. The summed E-state index contributed by atoms with van der Waals surface area (Å²) in [5.41, 5.74) is -1.27. The number of pyridine rings is 2. The number of imidazole rings is 2. The maximum Gasteiger partial charge on any atom is 1.00 e. The quantitative estimate of drug-likeness (QED) is 0.0443. The van der Waals surface area contributed by atoms with Crippen LogP contribution in [-0.4, -0.2) is 129 Å². The van der Waals surface area contributed by atoms with Crippen LogP contribution in [0.2, 0.25) is 0 Å². The van der Waals surface area contributed by atoms with Crippen molar-refractivity contribution in [3.8, 4) is 0 Å². The van der Waals surface area contributed by atoms with Gasteiger partial charge in [0, 0.05) is 86.8 Å². The van der Waals surface area contributed by atoms with E-state index >= 15 is 0 Å². The molecule has 6 aromatic heterocycles. The van der Waals surface area contributed by atoms with Crippen LogP contribution in [0.3, 0.4) is 0 Å². The van der Waals surface area contributed by atoms with Crippen molar-refractivity contribution in [1.29, 1.82) is 0 Å². The van der Waals surface area contributed by atoms with Gasteiger partial charge in [-0.3, -0.25) is 27.9 Å². The van der Waals surface area contributed by atoms with Gasteiger partial charge in [0.15, 0.2) is 49.8 Å². The van der Waals surface area contributed by atoms with Crippen molar-refractivity contribution in [3.05, 3.63) is 103 Å². The number of alkyl halides is 7. The number of ether oxygens (including phenoxy) is 4. The molecule has 6 aromatic rings. The molecular formula is C50H68F6IN10NaO13S3. The standard InChI is InChI=1S/C14H18F2N4O3.C13H17F2NO4S.C8H10N4O2.C7H13IO2.C6H5F2NO2S.C2H6S.Na/c1-8(21)6-5-7-14(15,16)12-17-10-9(18(12)2)11(22)20(4)13(23)19(10)3;1-12(19-9-10-20-12)6-4-7-13(14,15)21(17,18)11-5-2-3-8-16-11;1-10-4-9-6-5(10)7(13)12(3)8(14)11(6)2;1-7(3-2-4-8)9-5-6-10-7;7-6(8)12(10,11)5-3-1-2-4-9-5;1-2-3;/h5-7H2,1-4H3;2-3,5,8H,4,6-7,9-10H2,1H3;4H,1-3H3;2-6H2,1H3;1-4,6H;3H,2H2,1H3;/q;;;;;;+1/p-1. The minimum atomic E-state index is -4.78. The average Bonchev–Trinajstić information content (AvgIpc) is 3.98. The normalized spacial score (nSPS) is 14.6. The molecule has 8 rings (SSSR count). The van der Waals surface area contributed by atoms with E-state index < -0.39 is 82.4 Å². The van der Waals surface area contributed by atoms with E-state index in [1.54, 1.807) is 25.6 Å². The number of aromatic nitrogens is 10. The zero-order valence-corrected chi connectivity index (χ0v) is 54.9. The van der Waals surface area contributed by atoms with Crippen LogP contribution in [0.5, 0.6) is 0 Å². The summed E-state index contributed by atoms with van der Waals surface area (Å²) in [4.78, 5) is 72.7. The molecule has 0 aromatic carbocycles. The minimum Gasteiger partial charge on any atom is -0.793 e. The van der Waals surface area contributed by atoms with Crippen LogP contribution in [0.4, 0.5) is 26.3 Å². The van der Waals surface area contributed by atoms with Gasteiger partial charge >= 0.3 is 57.9 Å². The van der Waals surface area contributed by atoms with Crippen molar-refractivity contribution in [2.75, 3.05) is 36.6 Å². The molecular weight excluding hydrogens is 1310 g/mol. The van der Waals surface area contributed by atoms with Gasteiger partial charge in [0.2, 0.25) is 0 Å². The number of sulfone groups is 2.